The van der Waals surface area contributed by atoms with Crippen molar-refractivity contribution in [3.8, 4) is 39.7 Å². The minimum Gasteiger partial charge on any atom is -0.780 e. The Morgan fingerprint density at radius 1 is 1.00 bits per heavy atom. The van der Waals surface area contributed by atoms with Crippen LogP contribution < -0.4 is 23.8 Å². The molecule has 0 aliphatic carbocycles. The minimum atomic E-state index is -5.29. The van der Waals surface area contributed by atoms with Gasteiger partial charge in [-0.05, 0) is 49.2 Å². The van der Waals surface area contributed by atoms with E-state index >= 15 is 0 Å². The van der Waals surface area contributed by atoms with Gasteiger partial charge >= 0.3 is 0 Å². The standard InChI is InChI=1S/C19H20NO7P/c1-11-7-13(8-17(25-4)12(11)2)19-16(10-20-26-19)15-6-5-14(24-3)9-18(15)27-28(21,22)23/h5-10H,1-4H3,(H2,21,22,23)/p-2. The van der Waals surface area contributed by atoms with Crippen molar-refractivity contribution in [3.63, 3.8) is 0 Å². The first-order valence-electron chi connectivity index (χ1n) is 8.24. The monoisotopic (exact) mass is 403 g/mol. The highest BCUT2D eigenvalue weighted by molar-refractivity contribution is 7.43. The molecule has 3 rings (SSSR count). The van der Waals surface area contributed by atoms with Crippen LogP contribution in [0.3, 0.4) is 0 Å². The van der Waals surface area contributed by atoms with Gasteiger partial charge in [0.25, 0.3) is 0 Å². The van der Waals surface area contributed by atoms with Gasteiger partial charge in [0.2, 0.25) is 0 Å². The quantitative estimate of drug-likeness (QED) is 0.577. The van der Waals surface area contributed by atoms with Crippen LogP contribution in [0.5, 0.6) is 17.2 Å². The Kier molecular flexibility index (Phi) is 5.47. The summed E-state index contributed by atoms with van der Waals surface area (Å²) in [5.41, 5.74) is 3.42. The summed E-state index contributed by atoms with van der Waals surface area (Å²) in [5, 5.41) is 3.83. The number of aryl methyl sites for hydroxylation is 1. The molecular formula is C19H18NO7P-2. The number of nitrogens with zero attached hydrogens (tertiary/aromatic N) is 1. The largest absolute Gasteiger partial charge is 0.780 e. The van der Waals surface area contributed by atoms with E-state index in [1.54, 1.807) is 25.3 Å². The molecule has 1 heterocycles. The van der Waals surface area contributed by atoms with Crippen molar-refractivity contribution in [1.82, 2.24) is 5.16 Å². The van der Waals surface area contributed by atoms with Crippen LogP contribution in [0.25, 0.3) is 22.5 Å². The van der Waals surface area contributed by atoms with Gasteiger partial charge in [-0.15, -0.1) is 0 Å². The van der Waals surface area contributed by atoms with Gasteiger partial charge in [-0.1, -0.05) is 5.16 Å². The van der Waals surface area contributed by atoms with Crippen molar-refractivity contribution < 1.29 is 32.9 Å². The SMILES string of the molecule is COc1ccc(-c2cnoc2-c2cc(C)c(C)c(OC)c2)c(OP(=O)([O-])[O-])c1. The average Bonchev–Trinajstić information content (AvgIpc) is 3.12. The molecule has 0 saturated carbocycles. The van der Waals surface area contributed by atoms with Crippen LogP contribution in [0.1, 0.15) is 11.1 Å². The fraction of sp³-hybridized carbons (Fsp3) is 0.211. The summed E-state index contributed by atoms with van der Waals surface area (Å²) in [6.45, 7) is 3.87. The third-order valence-electron chi connectivity index (χ3n) is 4.36. The van der Waals surface area contributed by atoms with Crippen molar-refractivity contribution in [1.29, 1.82) is 0 Å². The van der Waals surface area contributed by atoms with Crippen molar-refractivity contribution in [2.24, 2.45) is 0 Å². The molecule has 28 heavy (non-hydrogen) atoms. The molecule has 0 bridgehead atoms. The van der Waals surface area contributed by atoms with Gasteiger partial charge in [-0.3, -0.25) is 0 Å². The molecule has 1 aromatic heterocycles. The van der Waals surface area contributed by atoms with E-state index < -0.39 is 7.82 Å². The van der Waals surface area contributed by atoms with E-state index in [-0.39, 0.29) is 5.75 Å². The van der Waals surface area contributed by atoms with Crippen LogP contribution in [0.15, 0.2) is 41.1 Å². The smallest absolute Gasteiger partial charge is 0.174 e. The van der Waals surface area contributed by atoms with Gasteiger partial charge in [0.1, 0.15) is 25.1 Å². The van der Waals surface area contributed by atoms with Crippen LogP contribution >= 0.6 is 7.82 Å². The maximum Gasteiger partial charge on any atom is 0.174 e. The zero-order valence-corrected chi connectivity index (χ0v) is 16.6. The fourth-order valence-electron chi connectivity index (χ4n) is 2.86. The second kappa shape index (κ2) is 7.67. The highest BCUT2D eigenvalue weighted by Gasteiger charge is 2.19. The number of phosphoric acid groups is 1. The molecule has 0 unspecified atom stereocenters. The normalized spacial score (nSPS) is 11.4. The Morgan fingerprint density at radius 2 is 1.75 bits per heavy atom. The molecule has 3 aromatic rings. The van der Waals surface area contributed by atoms with Crippen LogP contribution in [-0.2, 0) is 4.57 Å². The molecule has 148 valence electrons. The van der Waals surface area contributed by atoms with E-state index in [2.05, 4.69) is 9.68 Å². The van der Waals surface area contributed by atoms with Crippen LogP contribution in [-0.4, -0.2) is 19.4 Å². The molecule has 0 N–H and O–H groups in total. The minimum absolute atomic E-state index is 0.173. The Hall–Kier alpha value is -2.80. The third-order valence-corrected chi connectivity index (χ3v) is 4.78. The van der Waals surface area contributed by atoms with E-state index in [0.717, 1.165) is 11.1 Å². The van der Waals surface area contributed by atoms with Crippen LogP contribution in [0.2, 0.25) is 0 Å². The fourth-order valence-corrected chi connectivity index (χ4v) is 3.25. The van der Waals surface area contributed by atoms with Gasteiger partial charge < -0.3 is 32.9 Å². The van der Waals surface area contributed by atoms with Crippen molar-refractivity contribution >= 4 is 7.82 Å². The zero-order valence-electron chi connectivity index (χ0n) is 15.7. The molecule has 2 aromatic carbocycles. The number of methoxy groups -OCH3 is 2. The lowest BCUT2D eigenvalue weighted by molar-refractivity contribution is -0.333. The Balaban J connectivity index is 2.17. The summed E-state index contributed by atoms with van der Waals surface area (Å²) in [4.78, 5) is 22.4. The number of ether oxygens (including phenoxy) is 2. The average molecular weight is 403 g/mol. The third kappa shape index (κ3) is 4.04. The van der Waals surface area contributed by atoms with Gasteiger partial charge in [-0.2, -0.15) is 0 Å². The lowest BCUT2D eigenvalue weighted by atomic mass is 9.98. The Labute approximate surface area is 161 Å². The van der Waals surface area contributed by atoms with Crippen molar-refractivity contribution in [2.45, 2.75) is 13.8 Å². The molecule has 0 aliphatic rings. The summed E-state index contributed by atoms with van der Waals surface area (Å²) < 4.78 is 31.8. The zero-order chi connectivity index (χ0) is 20.5. The molecule has 0 fully saturated rings. The number of rotatable bonds is 6. The molecule has 0 aliphatic heterocycles. The molecule has 9 heteroatoms. The highest BCUT2D eigenvalue weighted by Crippen LogP contribution is 2.43. The lowest BCUT2D eigenvalue weighted by Gasteiger charge is -2.30. The summed E-state index contributed by atoms with van der Waals surface area (Å²) >= 11 is 0. The molecule has 0 amide bonds. The number of benzene rings is 2. The topological polar surface area (TPSA) is 117 Å². The first-order chi connectivity index (χ1) is 13.2. The van der Waals surface area contributed by atoms with E-state index in [9.17, 15) is 14.4 Å². The van der Waals surface area contributed by atoms with Crippen molar-refractivity contribution in [3.05, 3.63) is 47.7 Å². The second-order valence-corrected chi connectivity index (χ2v) is 7.17. The molecular weight excluding hydrogens is 385 g/mol. The Morgan fingerprint density at radius 3 is 2.39 bits per heavy atom. The molecule has 8 nitrogen and oxygen atoms in total. The van der Waals surface area contributed by atoms with Crippen LogP contribution in [0, 0.1) is 13.8 Å². The second-order valence-electron chi connectivity index (χ2n) is 6.09. The van der Waals surface area contributed by atoms with Crippen molar-refractivity contribution in [2.75, 3.05) is 14.2 Å². The molecule has 0 atom stereocenters. The van der Waals surface area contributed by atoms with Gasteiger partial charge in [0.15, 0.2) is 5.76 Å². The predicted molar refractivity (Wildman–Crippen MR) is 98.2 cm³/mol. The molecule has 0 saturated heterocycles. The lowest BCUT2D eigenvalue weighted by Crippen LogP contribution is -2.18. The maximum absolute atomic E-state index is 11.2. The summed E-state index contributed by atoms with van der Waals surface area (Å²) in [6, 6.07) is 8.19. The molecule has 0 spiro atoms. The number of hydrogen-bond donors (Lipinski definition) is 0. The summed E-state index contributed by atoms with van der Waals surface area (Å²) in [5.74, 6) is 1.21. The van der Waals surface area contributed by atoms with Gasteiger partial charge in [0, 0.05) is 17.2 Å². The van der Waals surface area contributed by atoms with Gasteiger partial charge in [-0.25, -0.2) is 0 Å². The number of phosphoric ester groups is 1. The first kappa shape index (κ1) is 19.9. The maximum atomic E-state index is 11.2. The molecule has 0 radical (unpaired) electrons. The van der Waals surface area contributed by atoms with E-state index in [1.165, 1.54) is 19.4 Å². The van der Waals surface area contributed by atoms with E-state index in [4.69, 9.17) is 14.0 Å². The van der Waals surface area contributed by atoms with E-state index in [1.807, 2.05) is 19.9 Å². The highest BCUT2D eigenvalue weighted by atomic mass is 31.2. The Bertz CT molecular complexity index is 1050. The predicted octanol–water partition coefficient (Wildman–Crippen LogP) is 2.85. The number of aromatic nitrogens is 1. The first-order valence-corrected chi connectivity index (χ1v) is 9.70. The van der Waals surface area contributed by atoms with Gasteiger partial charge in [0.05, 0.1) is 26.0 Å². The summed E-state index contributed by atoms with van der Waals surface area (Å²) in [6.07, 6.45) is 1.42. The number of hydrogen-bond acceptors (Lipinski definition) is 8. The summed E-state index contributed by atoms with van der Waals surface area (Å²) in [7, 11) is -2.30. The van der Waals surface area contributed by atoms with Crippen LogP contribution in [0.4, 0.5) is 0 Å². The van der Waals surface area contributed by atoms with E-state index in [0.29, 0.717) is 33.9 Å².